The summed E-state index contributed by atoms with van der Waals surface area (Å²) < 4.78 is 37.4. The lowest BCUT2D eigenvalue weighted by molar-refractivity contribution is 0.0559. The number of carbonyl (C=O) groups excluding carboxylic acids is 1. The van der Waals surface area contributed by atoms with Crippen LogP contribution in [0.5, 0.6) is 0 Å². The molecule has 178 valence electrons. The van der Waals surface area contributed by atoms with Gasteiger partial charge in [0.25, 0.3) is 0 Å². The maximum Gasteiger partial charge on any atom is 0.415 e. The van der Waals surface area contributed by atoms with Gasteiger partial charge in [0.15, 0.2) is 0 Å². The molecule has 2 aromatic rings. The molecule has 0 saturated heterocycles. The van der Waals surface area contributed by atoms with Crippen LogP contribution >= 0.6 is 27.5 Å². The van der Waals surface area contributed by atoms with Crippen LogP contribution in [0.25, 0.3) is 0 Å². The summed E-state index contributed by atoms with van der Waals surface area (Å²) in [6.45, 7) is 10.7. The van der Waals surface area contributed by atoms with E-state index in [1.54, 1.807) is 20.8 Å². The maximum atomic E-state index is 14.7. The zero-order valence-electron chi connectivity index (χ0n) is 19.4. The lowest BCUT2D eigenvalue weighted by atomic mass is 9.87. The van der Waals surface area contributed by atoms with E-state index in [0.717, 1.165) is 0 Å². The van der Waals surface area contributed by atoms with Gasteiger partial charge in [-0.15, -0.1) is 0 Å². The molecule has 1 aliphatic heterocycles. The molecule has 5 nitrogen and oxygen atoms in total. The summed E-state index contributed by atoms with van der Waals surface area (Å²) in [5.74, 6) is -0.671. The van der Waals surface area contributed by atoms with Crippen molar-refractivity contribution in [1.82, 2.24) is 0 Å². The quantitative estimate of drug-likeness (QED) is 0.233. The monoisotopic (exact) mass is 556 g/mol. The molecule has 1 amide bonds. The summed E-state index contributed by atoms with van der Waals surface area (Å²) in [4.78, 5) is 14.9. The number of rotatable bonds is 3. The van der Waals surface area contributed by atoms with Crippen LogP contribution in [0.3, 0.4) is 0 Å². The smallest absolute Gasteiger partial charge is 0.415 e. The average Bonchev–Trinajstić information content (AvgIpc) is 3.04. The fourth-order valence-corrected chi connectivity index (χ4v) is 4.84. The summed E-state index contributed by atoms with van der Waals surface area (Å²) in [5, 5.41) is -0.0723. The van der Waals surface area contributed by atoms with E-state index in [1.165, 1.54) is 17.2 Å². The number of benzene rings is 2. The number of fused-ring (bicyclic) bond motifs is 1. The second-order valence-electron chi connectivity index (χ2n) is 9.86. The highest BCUT2D eigenvalue weighted by atomic mass is 79.9. The highest BCUT2D eigenvalue weighted by Crippen LogP contribution is 2.50. The van der Waals surface area contributed by atoms with E-state index in [1.807, 2.05) is 51.1 Å². The van der Waals surface area contributed by atoms with Crippen molar-refractivity contribution < 1.29 is 18.5 Å². The van der Waals surface area contributed by atoms with E-state index in [4.69, 9.17) is 16.3 Å². The lowest BCUT2D eigenvalue weighted by Gasteiger charge is -2.37. The number of anilines is 1. The molecule has 0 radical (unpaired) electrons. The fraction of sp³-hybridized carbons (Fsp3) is 0.417. The first-order valence-corrected chi connectivity index (χ1v) is 12.7. The first-order chi connectivity index (χ1) is 15.2. The maximum absolute atomic E-state index is 14.7. The molecule has 2 atom stereocenters. The van der Waals surface area contributed by atoms with E-state index in [0.29, 0.717) is 21.3 Å². The SMILES string of the molecule is CC(C)(C)OC(=O)N1c2cc(F)c(Cl)c(Br)c2C[C@@]1(C=N[S+]([O-])C(C)(C)C)c1ccccc1. The molecule has 2 aromatic carbocycles. The minimum atomic E-state index is -1.58. The first-order valence-electron chi connectivity index (χ1n) is 10.4. The molecule has 0 spiro atoms. The van der Waals surface area contributed by atoms with Crippen molar-refractivity contribution in [3.05, 3.63) is 62.8 Å². The molecular formula is C24H27BrClFN2O3S. The third-order valence-electron chi connectivity index (χ3n) is 5.06. The Morgan fingerprint density at radius 1 is 1.27 bits per heavy atom. The predicted octanol–water partition coefficient (Wildman–Crippen LogP) is 6.97. The van der Waals surface area contributed by atoms with E-state index in [-0.39, 0.29) is 11.4 Å². The molecule has 0 N–H and O–H groups in total. The largest absolute Gasteiger partial charge is 0.591 e. The van der Waals surface area contributed by atoms with Crippen LogP contribution in [0.1, 0.15) is 52.7 Å². The molecule has 0 aromatic heterocycles. The topological polar surface area (TPSA) is 65.0 Å². The van der Waals surface area contributed by atoms with Crippen molar-refractivity contribution >= 4 is 56.9 Å². The minimum Gasteiger partial charge on any atom is -0.591 e. The number of carbonyl (C=O) groups is 1. The Morgan fingerprint density at radius 2 is 1.88 bits per heavy atom. The van der Waals surface area contributed by atoms with Crippen LogP contribution in [0.4, 0.5) is 14.9 Å². The number of halogens is 3. The molecule has 0 aliphatic carbocycles. The van der Waals surface area contributed by atoms with Gasteiger partial charge in [-0.2, -0.15) is 0 Å². The van der Waals surface area contributed by atoms with Gasteiger partial charge in [0.05, 0.1) is 16.9 Å². The van der Waals surface area contributed by atoms with Gasteiger partial charge in [-0.25, -0.2) is 9.18 Å². The van der Waals surface area contributed by atoms with Gasteiger partial charge >= 0.3 is 6.09 Å². The van der Waals surface area contributed by atoms with Crippen molar-refractivity contribution in [3.8, 4) is 0 Å². The van der Waals surface area contributed by atoms with Crippen molar-refractivity contribution in [2.75, 3.05) is 4.90 Å². The van der Waals surface area contributed by atoms with Gasteiger partial charge in [0.2, 0.25) is 0 Å². The van der Waals surface area contributed by atoms with Crippen LogP contribution in [-0.4, -0.2) is 27.2 Å². The Labute approximate surface area is 210 Å². The molecule has 1 aliphatic rings. The highest BCUT2D eigenvalue weighted by Gasteiger charge is 2.51. The van der Waals surface area contributed by atoms with E-state index >= 15 is 0 Å². The van der Waals surface area contributed by atoms with Gasteiger partial charge in [-0.1, -0.05) is 46.3 Å². The Hall–Kier alpha value is -1.61. The molecule has 9 heteroatoms. The van der Waals surface area contributed by atoms with E-state index < -0.39 is 39.2 Å². The molecule has 1 unspecified atom stereocenters. The van der Waals surface area contributed by atoms with Gasteiger partial charge in [-0.3, -0.25) is 4.90 Å². The Morgan fingerprint density at radius 3 is 2.42 bits per heavy atom. The third-order valence-corrected chi connectivity index (χ3v) is 7.88. The summed E-state index contributed by atoms with van der Waals surface area (Å²) in [5.41, 5.74) is -0.341. The average molecular weight is 558 g/mol. The summed E-state index contributed by atoms with van der Waals surface area (Å²) >= 11 is 8.00. The van der Waals surface area contributed by atoms with Crippen LogP contribution < -0.4 is 4.90 Å². The number of nitrogens with zero attached hydrogens (tertiary/aromatic N) is 2. The molecule has 1 heterocycles. The molecule has 33 heavy (non-hydrogen) atoms. The Bertz CT molecular complexity index is 1090. The number of hydrogen-bond donors (Lipinski definition) is 0. The summed E-state index contributed by atoms with van der Waals surface area (Å²) in [7, 11) is 0. The summed E-state index contributed by atoms with van der Waals surface area (Å²) in [6, 6.07) is 10.5. The summed E-state index contributed by atoms with van der Waals surface area (Å²) in [6.07, 6.45) is 1.08. The van der Waals surface area contributed by atoms with Crippen LogP contribution in [0, 0.1) is 5.82 Å². The lowest BCUT2D eigenvalue weighted by Crippen LogP contribution is -2.51. The molecule has 3 rings (SSSR count). The minimum absolute atomic E-state index is 0.0723. The second kappa shape index (κ2) is 9.21. The molecule has 0 bridgehead atoms. The number of ether oxygens (including phenoxy) is 1. The van der Waals surface area contributed by atoms with Gasteiger partial charge in [0.1, 0.15) is 33.1 Å². The zero-order chi connectivity index (χ0) is 24.8. The van der Waals surface area contributed by atoms with Gasteiger partial charge in [0, 0.05) is 10.9 Å². The van der Waals surface area contributed by atoms with E-state index in [9.17, 15) is 13.7 Å². The Kier molecular flexibility index (Phi) is 7.26. The molecular weight excluding hydrogens is 531 g/mol. The molecule has 0 fully saturated rings. The zero-order valence-corrected chi connectivity index (χ0v) is 22.6. The van der Waals surface area contributed by atoms with Crippen molar-refractivity contribution in [1.29, 1.82) is 0 Å². The van der Waals surface area contributed by atoms with Gasteiger partial charge in [-0.05, 0) is 74.7 Å². The van der Waals surface area contributed by atoms with Crippen LogP contribution in [-0.2, 0) is 28.1 Å². The van der Waals surface area contributed by atoms with E-state index in [2.05, 4.69) is 20.3 Å². The first kappa shape index (κ1) is 26.0. The van der Waals surface area contributed by atoms with Crippen molar-refractivity contribution in [2.45, 2.75) is 63.9 Å². The highest BCUT2D eigenvalue weighted by molar-refractivity contribution is 9.10. The second-order valence-corrected chi connectivity index (χ2v) is 13.0. The van der Waals surface area contributed by atoms with Crippen molar-refractivity contribution in [2.24, 2.45) is 4.40 Å². The van der Waals surface area contributed by atoms with Crippen LogP contribution in [0.15, 0.2) is 45.3 Å². The van der Waals surface area contributed by atoms with Gasteiger partial charge < -0.3 is 9.29 Å². The number of amides is 1. The fourth-order valence-electron chi connectivity index (χ4n) is 3.55. The predicted molar refractivity (Wildman–Crippen MR) is 136 cm³/mol. The number of hydrogen-bond acceptors (Lipinski definition) is 4. The normalized spacial score (nSPS) is 19.6. The van der Waals surface area contributed by atoms with Crippen LogP contribution in [0.2, 0.25) is 5.02 Å². The third kappa shape index (κ3) is 5.24. The standard InChI is InChI=1S/C24H27BrClFN2O3S/c1-22(2,3)32-21(30)29-18-12-17(27)20(26)19(25)16(18)13-24(29,15-10-8-7-9-11-15)14-28-33(31)23(4,5)6/h7-12,14H,13H2,1-6H3/t24-,33?/m1/s1. The molecule has 0 saturated carbocycles. The van der Waals surface area contributed by atoms with Crippen molar-refractivity contribution in [3.63, 3.8) is 0 Å². The Balaban J connectivity index is 2.30.